The van der Waals surface area contributed by atoms with Crippen LogP contribution in [-0.2, 0) is 16.1 Å². The summed E-state index contributed by atoms with van der Waals surface area (Å²) in [6.45, 7) is 2.44. The number of ether oxygens (including phenoxy) is 2. The van der Waals surface area contributed by atoms with Gasteiger partial charge in [-0.15, -0.1) is 0 Å². The minimum Gasteiger partial charge on any atom is -0.497 e. The van der Waals surface area contributed by atoms with Crippen LogP contribution in [0, 0.1) is 5.82 Å². The highest BCUT2D eigenvalue weighted by Crippen LogP contribution is 2.30. The minimum absolute atomic E-state index is 0.0402. The Bertz CT molecular complexity index is 1230. The topological polar surface area (TPSA) is 88.2 Å². The van der Waals surface area contributed by atoms with Crippen LogP contribution in [0.25, 0.3) is 0 Å². The van der Waals surface area contributed by atoms with E-state index in [-0.39, 0.29) is 13.0 Å². The molecule has 0 bridgehead atoms. The number of hydrogen-bond donors (Lipinski definition) is 1. The molecule has 1 aliphatic heterocycles. The number of carbonyl (C=O) groups is 3. The molecule has 9 heteroatoms. The molecule has 0 saturated carbocycles. The van der Waals surface area contributed by atoms with E-state index in [1.165, 1.54) is 24.1 Å². The number of nitrogens with one attached hydrogen (secondary N) is 1. The summed E-state index contributed by atoms with van der Waals surface area (Å²) >= 11 is 0. The van der Waals surface area contributed by atoms with E-state index in [0.717, 1.165) is 4.90 Å². The van der Waals surface area contributed by atoms with Gasteiger partial charge in [-0.3, -0.25) is 9.59 Å². The Morgan fingerprint density at radius 2 is 1.58 bits per heavy atom. The monoisotopic (exact) mass is 491 g/mol. The van der Waals surface area contributed by atoms with Crippen molar-refractivity contribution in [2.24, 2.45) is 0 Å². The Hall–Kier alpha value is -4.40. The van der Waals surface area contributed by atoms with Gasteiger partial charge in [0.05, 0.1) is 25.8 Å². The van der Waals surface area contributed by atoms with Crippen LogP contribution in [-0.4, -0.2) is 42.5 Å². The number of benzene rings is 3. The molecule has 1 fully saturated rings. The highest BCUT2D eigenvalue weighted by Gasteiger charge is 2.46. The molecule has 0 unspecified atom stereocenters. The fourth-order valence-electron chi connectivity index (χ4n) is 3.96. The number of carbonyl (C=O) groups excluding carboxylic acids is 3. The summed E-state index contributed by atoms with van der Waals surface area (Å²) in [5, 5.41) is 2.77. The molecule has 1 heterocycles. The molecule has 4 amide bonds. The molecule has 0 radical (unpaired) electrons. The first-order valence-electron chi connectivity index (χ1n) is 11.5. The highest BCUT2D eigenvalue weighted by atomic mass is 19.1. The van der Waals surface area contributed by atoms with Crippen LogP contribution in [0.4, 0.5) is 20.6 Å². The van der Waals surface area contributed by atoms with Gasteiger partial charge in [-0.2, -0.15) is 0 Å². The normalized spacial score (nSPS) is 15.2. The second kappa shape index (κ2) is 10.9. The Labute approximate surface area is 208 Å². The van der Waals surface area contributed by atoms with E-state index >= 15 is 0 Å². The summed E-state index contributed by atoms with van der Waals surface area (Å²) < 4.78 is 24.0. The van der Waals surface area contributed by atoms with E-state index in [2.05, 4.69) is 5.32 Å². The quantitative estimate of drug-likeness (QED) is 0.442. The molecular formula is C27H26FN3O5. The molecule has 3 aromatic rings. The second-order valence-electron chi connectivity index (χ2n) is 8.13. The molecule has 3 aromatic carbocycles. The SMILES string of the molecule is CCOc1ccc(NC(=O)C[C@@H]2C(=O)N(c3ccc(OC)cc3)C(=O)N2Cc2ccc(F)cc2)cc1. The summed E-state index contributed by atoms with van der Waals surface area (Å²) in [7, 11) is 1.52. The number of urea groups is 1. The molecule has 186 valence electrons. The van der Waals surface area contributed by atoms with Crippen molar-refractivity contribution < 1.29 is 28.2 Å². The number of hydrogen-bond acceptors (Lipinski definition) is 5. The van der Waals surface area contributed by atoms with E-state index in [1.807, 2.05) is 6.92 Å². The van der Waals surface area contributed by atoms with Crippen molar-refractivity contribution in [1.82, 2.24) is 4.90 Å². The number of imide groups is 1. The molecule has 1 saturated heterocycles. The summed E-state index contributed by atoms with van der Waals surface area (Å²) in [5.74, 6) is -0.103. The van der Waals surface area contributed by atoms with E-state index in [4.69, 9.17) is 9.47 Å². The lowest BCUT2D eigenvalue weighted by atomic mass is 10.1. The van der Waals surface area contributed by atoms with Crippen LogP contribution in [0.3, 0.4) is 0 Å². The Balaban J connectivity index is 1.56. The predicted molar refractivity (Wildman–Crippen MR) is 132 cm³/mol. The minimum atomic E-state index is -1.03. The maximum absolute atomic E-state index is 13.4. The average Bonchev–Trinajstić information content (AvgIpc) is 3.10. The first-order valence-corrected chi connectivity index (χ1v) is 11.5. The predicted octanol–water partition coefficient (Wildman–Crippen LogP) is 4.60. The van der Waals surface area contributed by atoms with Crippen molar-refractivity contribution in [3.63, 3.8) is 0 Å². The third kappa shape index (κ3) is 5.46. The molecule has 4 rings (SSSR count). The van der Waals surface area contributed by atoms with Crippen LogP contribution in [0.1, 0.15) is 18.9 Å². The Kier molecular flexibility index (Phi) is 7.48. The van der Waals surface area contributed by atoms with Crippen LogP contribution >= 0.6 is 0 Å². The smallest absolute Gasteiger partial charge is 0.332 e. The first-order chi connectivity index (χ1) is 17.4. The van der Waals surface area contributed by atoms with Gasteiger partial charge >= 0.3 is 6.03 Å². The number of halogens is 1. The van der Waals surface area contributed by atoms with Gasteiger partial charge in [0.15, 0.2) is 0 Å². The van der Waals surface area contributed by atoms with Gasteiger partial charge in [0.25, 0.3) is 5.91 Å². The molecule has 1 aliphatic rings. The van der Waals surface area contributed by atoms with Crippen molar-refractivity contribution in [3.05, 3.63) is 84.2 Å². The number of nitrogens with zero attached hydrogens (tertiary/aromatic N) is 2. The summed E-state index contributed by atoms with van der Waals surface area (Å²) in [6, 6.07) is 17.4. The third-order valence-corrected chi connectivity index (χ3v) is 5.74. The molecule has 0 spiro atoms. The van der Waals surface area contributed by atoms with Crippen molar-refractivity contribution in [3.8, 4) is 11.5 Å². The van der Waals surface area contributed by atoms with Crippen LogP contribution in [0.2, 0.25) is 0 Å². The Morgan fingerprint density at radius 1 is 0.944 bits per heavy atom. The van der Waals surface area contributed by atoms with E-state index in [9.17, 15) is 18.8 Å². The maximum Gasteiger partial charge on any atom is 0.332 e. The van der Waals surface area contributed by atoms with Gasteiger partial charge in [0.2, 0.25) is 5.91 Å². The number of amides is 4. The third-order valence-electron chi connectivity index (χ3n) is 5.74. The fourth-order valence-corrected chi connectivity index (χ4v) is 3.96. The maximum atomic E-state index is 13.4. The zero-order chi connectivity index (χ0) is 25.7. The second-order valence-corrected chi connectivity index (χ2v) is 8.13. The zero-order valence-corrected chi connectivity index (χ0v) is 19.9. The van der Waals surface area contributed by atoms with Gasteiger partial charge in [-0.1, -0.05) is 12.1 Å². The summed E-state index contributed by atoms with van der Waals surface area (Å²) in [6.07, 6.45) is -0.244. The highest BCUT2D eigenvalue weighted by molar-refractivity contribution is 6.22. The van der Waals surface area contributed by atoms with Crippen LogP contribution in [0.15, 0.2) is 72.8 Å². The van der Waals surface area contributed by atoms with Gasteiger partial charge < -0.3 is 19.7 Å². The van der Waals surface area contributed by atoms with Gasteiger partial charge in [-0.05, 0) is 73.2 Å². The van der Waals surface area contributed by atoms with Gasteiger partial charge in [0, 0.05) is 12.2 Å². The number of anilines is 2. The van der Waals surface area contributed by atoms with Crippen molar-refractivity contribution >= 4 is 29.2 Å². The lowest BCUT2D eigenvalue weighted by molar-refractivity contribution is -0.124. The van der Waals surface area contributed by atoms with Crippen LogP contribution < -0.4 is 19.7 Å². The van der Waals surface area contributed by atoms with Gasteiger partial charge in [-0.25, -0.2) is 14.1 Å². The lowest BCUT2D eigenvalue weighted by Gasteiger charge is -2.21. The zero-order valence-electron chi connectivity index (χ0n) is 19.9. The Morgan fingerprint density at radius 3 is 2.19 bits per heavy atom. The molecular weight excluding hydrogens is 465 g/mol. The summed E-state index contributed by atoms with van der Waals surface area (Å²) in [5.41, 5.74) is 1.53. The van der Waals surface area contributed by atoms with E-state index in [1.54, 1.807) is 60.7 Å². The average molecular weight is 492 g/mol. The molecule has 8 nitrogen and oxygen atoms in total. The largest absolute Gasteiger partial charge is 0.497 e. The van der Waals surface area contributed by atoms with Crippen molar-refractivity contribution in [2.75, 3.05) is 23.9 Å². The summed E-state index contributed by atoms with van der Waals surface area (Å²) in [4.78, 5) is 42.0. The number of rotatable bonds is 9. The molecule has 1 atom stereocenters. The van der Waals surface area contributed by atoms with Crippen molar-refractivity contribution in [1.29, 1.82) is 0 Å². The molecule has 0 aliphatic carbocycles. The van der Waals surface area contributed by atoms with Crippen LogP contribution in [0.5, 0.6) is 11.5 Å². The van der Waals surface area contributed by atoms with E-state index in [0.29, 0.717) is 35.0 Å². The molecule has 1 N–H and O–H groups in total. The first kappa shape index (κ1) is 24.7. The van der Waals surface area contributed by atoms with Crippen molar-refractivity contribution in [2.45, 2.75) is 25.9 Å². The molecule has 36 heavy (non-hydrogen) atoms. The molecule has 0 aromatic heterocycles. The lowest BCUT2D eigenvalue weighted by Crippen LogP contribution is -2.37. The standard InChI is InChI=1S/C27H26FN3O5/c1-3-36-23-12-8-20(9-13-23)29-25(32)16-24-26(33)31(21-10-14-22(35-2)15-11-21)27(34)30(24)17-18-4-6-19(28)7-5-18/h4-15,24H,3,16-17H2,1-2H3,(H,29,32)/t24-/m1/s1. The van der Waals surface area contributed by atoms with E-state index < -0.39 is 29.7 Å². The number of methoxy groups -OCH3 is 1. The fraction of sp³-hybridized carbons (Fsp3) is 0.222. The van der Waals surface area contributed by atoms with Gasteiger partial charge in [0.1, 0.15) is 23.4 Å².